The van der Waals surface area contributed by atoms with E-state index in [4.69, 9.17) is 15.5 Å². The maximum absolute atomic E-state index is 6.55. The lowest BCUT2D eigenvalue weighted by molar-refractivity contribution is 0.0406. The average Bonchev–Trinajstić information content (AvgIpc) is 2.71. The van der Waals surface area contributed by atoms with E-state index in [1.54, 1.807) is 18.4 Å². The first-order valence-corrected chi connectivity index (χ1v) is 7.19. The molecule has 1 fully saturated rings. The monoisotopic (exact) mass is 254 g/mol. The molecule has 1 aromatic heterocycles. The highest BCUT2D eigenvalue weighted by Gasteiger charge is 2.37. The zero-order valence-electron chi connectivity index (χ0n) is 11.0. The van der Waals surface area contributed by atoms with Gasteiger partial charge in [-0.1, -0.05) is 6.92 Å². The third kappa shape index (κ3) is 2.54. The summed E-state index contributed by atoms with van der Waals surface area (Å²) in [6, 6.07) is 0. The van der Waals surface area contributed by atoms with Gasteiger partial charge in [0.2, 0.25) is 0 Å². The van der Waals surface area contributed by atoms with Crippen molar-refractivity contribution in [3.05, 3.63) is 15.6 Å². The quantitative estimate of drug-likeness (QED) is 0.902. The van der Waals surface area contributed by atoms with Crippen LogP contribution < -0.4 is 5.73 Å². The predicted octanol–water partition coefficient (Wildman–Crippen LogP) is 2.76. The zero-order chi connectivity index (χ0) is 12.5. The molecule has 3 nitrogen and oxygen atoms in total. The van der Waals surface area contributed by atoms with E-state index < -0.39 is 0 Å². The van der Waals surface area contributed by atoms with E-state index in [9.17, 15) is 0 Å². The summed E-state index contributed by atoms with van der Waals surface area (Å²) < 4.78 is 5.47. The van der Waals surface area contributed by atoms with Crippen LogP contribution in [0.3, 0.4) is 0 Å². The van der Waals surface area contributed by atoms with Crippen LogP contribution in [0.5, 0.6) is 0 Å². The van der Waals surface area contributed by atoms with Crippen LogP contribution in [0.4, 0.5) is 0 Å². The summed E-state index contributed by atoms with van der Waals surface area (Å²) in [5.41, 5.74) is 7.49. The SMILES string of the molecule is CCc1nc(C2(N)CCCC(OC)C2)sc1C. The highest BCUT2D eigenvalue weighted by molar-refractivity contribution is 7.11. The van der Waals surface area contributed by atoms with Crippen molar-refractivity contribution in [3.63, 3.8) is 0 Å². The summed E-state index contributed by atoms with van der Waals surface area (Å²) in [4.78, 5) is 6.04. The maximum Gasteiger partial charge on any atom is 0.113 e. The van der Waals surface area contributed by atoms with Crippen molar-refractivity contribution < 1.29 is 4.74 Å². The number of hydrogen-bond donors (Lipinski definition) is 1. The minimum Gasteiger partial charge on any atom is -0.381 e. The molecule has 4 heteroatoms. The van der Waals surface area contributed by atoms with Crippen molar-refractivity contribution in [2.75, 3.05) is 7.11 Å². The zero-order valence-corrected chi connectivity index (χ0v) is 11.8. The molecule has 2 N–H and O–H groups in total. The van der Waals surface area contributed by atoms with Crippen molar-refractivity contribution in [3.8, 4) is 0 Å². The van der Waals surface area contributed by atoms with E-state index in [1.165, 1.54) is 10.6 Å². The van der Waals surface area contributed by atoms with Crippen LogP contribution in [-0.2, 0) is 16.7 Å². The lowest BCUT2D eigenvalue weighted by atomic mass is 9.81. The molecule has 0 aromatic carbocycles. The first-order valence-electron chi connectivity index (χ1n) is 6.37. The van der Waals surface area contributed by atoms with Crippen molar-refractivity contribution in [2.24, 2.45) is 5.73 Å². The van der Waals surface area contributed by atoms with Gasteiger partial charge in [-0.25, -0.2) is 4.98 Å². The van der Waals surface area contributed by atoms with Gasteiger partial charge < -0.3 is 10.5 Å². The number of aromatic nitrogens is 1. The summed E-state index contributed by atoms with van der Waals surface area (Å²) in [7, 11) is 1.78. The predicted molar refractivity (Wildman–Crippen MR) is 71.4 cm³/mol. The molecule has 17 heavy (non-hydrogen) atoms. The smallest absolute Gasteiger partial charge is 0.113 e. The number of aryl methyl sites for hydroxylation is 2. The van der Waals surface area contributed by atoms with Crippen molar-refractivity contribution in [1.29, 1.82) is 0 Å². The molecule has 0 radical (unpaired) electrons. The van der Waals surface area contributed by atoms with Gasteiger partial charge in [0, 0.05) is 12.0 Å². The largest absolute Gasteiger partial charge is 0.381 e. The molecule has 2 rings (SSSR count). The van der Waals surface area contributed by atoms with Crippen LogP contribution in [0.1, 0.15) is 48.2 Å². The number of ether oxygens (including phenoxy) is 1. The number of nitrogens with zero attached hydrogens (tertiary/aromatic N) is 1. The van der Waals surface area contributed by atoms with Gasteiger partial charge in [-0.2, -0.15) is 0 Å². The Bertz CT molecular complexity index is 391. The van der Waals surface area contributed by atoms with Gasteiger partial charge in [0.1, 0.15) is 5.01 Å². The van der Waals surface area contributed by atoms with Gasteiger partial charge in [0.15, 0.2) is 0 Å². The number of thiazole rings is 1. The molecular weight excluding hydrogens is 232 g/mol. The second-order valence-corrected chi connectivity index (χ2v) is 6.19. The highest BCUT2D eigenvalue weighted by Crippen LogP contribution is 2.38. The Morgan fingerprint density at radius 1 is 1.59 bits per heavy atom. The molecule has 0 aliphatic heterocycles. The summed E-state index contributed by atoms with van der Waals surface area (Å²) in [6.45, 7) is 4.29. The minimum atomic E-state index is -0.262. The Labute approximate surface area is 107 Å². The van der Waals surface area contributed by atoms with Crippen molar-refractivity contribution in [2.45, 2.75) is 57.6 Å². The fourth-order valence-electron chi connectivity index (χ4n) is 2.62. The molecular formula is C13H22N2OS. The van der Waals surface area contributed by atoms with E-state index in [-0.39, 0.29) is 5.54 Å². The molecule has 0 spiro atoms. The Balaban J connectivity index is 2.24. The third-order valence-electron chi connectivity index (χ3n) is 3.73. The first kappa shape index (κ1) is 13.0. The Morgan fingerprint density at radius 3 is 2.94 bits per heavy atom. The summed E-state index contributed by atoms with van der Waals surface area (Å²) >= 11 is 1.77. The molecule has 2 atom stereocenters. The lowest BCUT2D eigenvalue weighted by Gasteiger charge is -2.35. The Hall–Kier alpha value is -0.450. The molecule has 0 bridgehead atoms. The number of hydrogen-bond acceptors (Lipinski definition) is 4. The molecule has 1 aromatic rings. The van der Waals surface area contributed by atoms with Crippen LogP contribution in [0.15, 0.2) is 0 Å². The topological polar surface area (TPSA) is 48.1 Å². The van der Waals surface area contributed by atoms with E-state index in [1.807, 2.05) is 0 Å². The van der Waals surface area contributed by atoms with E-state index in [0.717, 1.165) is 37.1 Å². The van der Waals surface area contributed by atoms with Crippen molar-refractivity contribution >= 4 is 11.3 Å². The Morgan fingerprint density at radius 2 is 2.35 bits per heavy atom. The lowest BCUT2D eigenvalue weighted by Crippen LogP contribution is -2.43. The van der Waals surface area contributed by atoms with Crippen LogP contribution in [0.2, 0.25) is 0 Å². The molecule has 1 aliphatic carbocycles. The van der Waals surface area contributed by atoms with Gasteiger partial charge in [0.05, 0.1) is 17.3 Å². The standard InChI is InChI=1S/C13H22N2OS/c1-4-11-9(2)17-12(15-11)13(14)7-5-6-10(8-13)16-3/h10H,4-8,14H2,1-3H3. The summed E-state index contributed by atoms with van der Waals surface area (Å²) in [5.74, 6) is 0. The second kappa shape index (κ2) is 5.04. The summed E-state index contributed by atoms with van der Waals surface area (Å²) in [5, 5.41) is 1.11. The molecule has 1 heterocycles. The minimum absolute atomic E-state index is 0.262. The van der Waals surface area contributed by atoms with Crippen LogP contribution in [-0.4, -0.2) is 18.2 Å². The van der Waals surface area contributed by atoms with Crippen molar-refractivity contribution in [1.82, 2.24) is 4.98 Å². The maximum atomic E-state index is 6.55. The highest BCUT2D eigenvalue weighted by atomic mass is 32.1. The van der Waals surface area contributed by atoms with Gasteiger partial charge in [-0.15, -0.1) is 11.3 Å². The molecule has 1 saturated carbocycles. The molecule has 96 valence electrons. The molecule has 0 saturated heterocycles. The normalized spacial score (nSPS) is 29.5. The first-order chi connectivity index (χ1) is 8.09. The second-order valence-electron chi connectivity index (χ2n) is 4.99. The molecule has 2 unspecified atom stereocenters. The number of methoxy groups -OCH3 is 1. The van der Waals surface area contributed by atoms with Crippen LogP contribution >= 0.6 is 11.3 Å². The third-order valence-corrected chi connectivity index (χ3v) is 4.96. The molecule has 0 amide bonds. The van der Waals surface area contributed by atoms with E-state index in [2.05, 4.69) is 13.8 Å². The van der Waals surface area contributed by atoms with Gasteiger partial charge in [-0.05, 0) is 39.0 Å². The average molecular weight is 254 g/mol. The van der Waals surface area contributed by atoms with Crippen LogP contribution in [0, 0.1) is 6.92 Å². The van der Waals surface area contributed by atoms with Gasteiger partial charge in [0.25, 0.3) is 0 Å². The fraction of sp³-hybridized carbons (Fsp3) is 0.769. The van der Waals surface area contributed by atoms with Gasteiger partial charge >= 0.3 is 0 Å². The number of rotatable bonds is 3. The molecule has 1 aliphatic rings. The number of nitrogens with two attached hydrogens (primary N) is 1. The summed E-state index contributed by atoms with van der Waals surface area (Å²) in [6.07, 6.45) is 5.48. The Kier molecular flexibility index (Phi) is 3.85. The fourth-order valence-corrected chi connectivity index (χ4v) is 3.76. The van der Waals surface area contributed by atoms with Crippen LogP contribution in [0.25, 0.3) is 0 Å². The van der Waals surface area contributed by atoms with E-state index in [0.29, 0.717) is 6.10 Å². The van der Waals surface area contributed by atoms with Gasteiger partial charge in [-0.3, -0.25) is 0 Å². The van der Waals surface area contributed by atoms with E-state index >= 15 is 0 Å².